The molecular weight excluding hydrogens is 335 g/mol. The fourth-order valence-electron chi connectivity index (χ4n) is 3.12. The van der Waals surface area contributed by atoms with Crippen LogP contribution in [0.3, 0.4) is 0 Å². The van der Waals surface area contributed by atoms with Crippen molar-refractivity contribution in [3.8, 4) is 0 Å². The van der Waals surface area contributed by atoms with Crippen LogP contribution in [0.4, 0.5) is 10.1 Å². The van der Waals surface area contributed by atoms with Crippen LogP contribution in [-0.4, -0.2) is 57.7 Å². The first-order valence-corrected chi connectivity index (χ1v) is 9.04. The van der Waals surface area contributed by atoms with E-state index in [1.165, 1.54) is 0 Å². The molecular formula is C19H29FN4O2. The highest BCUT2D eigenvalue weighted by molar-refractivity contribution is 5.80. The molecule has 7 heteroatoms. The Hall–Kier alpha value is -2.31. The van der Waals surface area contributed by atoms with Crippen LogP contribution in [0.15, 0.2) is 23.2 Å². The number of aliphatic imine (C=N–C) groups is 1. The number of anilines is 1. The molecule has 1 aromatic carbocycles. The number of rotatable bonds is 5. The van der Waals surface area contributed by atoms with Crippen molar-refractivity contribution in [2.24, 2.45) is 10.9 Å². The van der Waals surface area contributed by atoms with Crippen molar-refractivity contribution in [3.63, 3.8) is 0 Å². The van der Waals surface area contributed by atoms with Gasteiger partial charge < -0.3 is 19.9 Å². The van der Waals surface area contributed by atoms with Crippen molar-refractivity contribution in [1.29, 1.82) is 0 Å². The molecule has 1 N–H and O–H groups in total. The van der Waals surface area contributed by atoms with Gasteiger partial charge in [0.05, 0.1) is 18.2 Å². The molecule has 0 saturated carbocycles. The van der Waals surface area contributed by atoms with Gasteiger partial charge in [-0.2, -0.15) is 0 Å². The second-order valence-corrected chi connectivity index (χ2v) is 6.59. The first-order valence-electron chi connectivity index (χ1n) is 9.04. The normalized spacial score (nSPS) is 15.7. The molecule has 0 aliphatic carbocycles. The van der Waals surface area contributed by atoms with E-state index in [2.05, 4.69) is 15.2 Å². The van der Waals surface area contributed by atoms with Crippen molar-refractivity contribution in [3.05, 3.63) is 29.6 Å². The molecule has 0 atom stereocenters. The average molecular weight is 364 g/mol. The van der Waals surface area contributed by atoms with E-state index in [1.807, 2.05) is 27.1 Å². The third-order valence-corrected chi connectivity index (χ3v) is 4.57. The maximum absolute atomic E-state index is 14.1. The quantitative estimate of drug-likeness (QED) is 0.493. The topological polar surface area (TPSA) is 57.2 Å². The van der Waals surface area contributed by atoms with E-state index in [9.17, 15) is 9.18 Å². The van der Waals surface area contributed by atoms with Gasteiger partial charge in [0.2, 0.25) is 0 Å². The molecule has 1 aliphatic heterocycles. The number of hydrogen-bond donors (Lipinski definition) is 1. The van der Waals surface area contributed by atoms with E-state index >= 15 is 0 Å². The zero-order valence-electron chi connectivity index (χ0n) is 16.1. The third-order valence-electron chi connectivity index (χ3n) is 4.57. The molecule has 26 heavy (non-hydrogen) atoms. The minimum absolute atomic E-state index is 0.0306. The summed E-state index contributed by atoms with van der Waals surface area (Å²) in [6, 6.07) is 5.23. The smallest absolute Gasteiger partial charge is 0.309 e. The number of carbonyl (C=O) groups is 1. The van der Waals surface area contributed by atoms with Crippen molar-refractivity contribution < 1.29 is 13.9 Å². The van der Waals surface area contributed by atoms with Crippen LogP contribution in [0.25, 0.3) is 0 Å². The molecule has 6 nitrogen and oxygen atoms in total. The average Bonchev–Trinajstić information content (AvgIpc) is 2.62. The molecule has 1 fully saturated rings. The Balaban J connectivity index is 1.89. The summed E-state index contributed by atoms with van der Waals surface area (Å²) in [7, 11) is 5.37. The van der Waals surface area contributed by atoms with Gasteiger partial charge in [-0.05, 0) is 37.5 Å². The van der Waals surface area contributed by atoms with Gasteiger partial charge in [-0.15, -0.1) is 0 Å². The van der Waals surface area contributed by atoms with E-state index in [-0.39, 0.29) is 17.7 Å². The van der Waals surface area contributed by atoms with Crippen LogP contribution in [0, 0.1) is 11.7 Å². The van der Waals surface area contributed by atoms with E-state index in [0.29, 0.717) is 18.8 Å². The molecule has 0 aromatic heterocycles. The summed E-state index contributed by atoms with van der Waals surface area (Å²) in [6.07, 6.45) is 1.51. The number of likely N-dealkylation sites (tertiary alicyclic amines) is 1. The van der Waals surface area contributed by atoms with Gasteiger partial charge in [-0.25, -0.2) is 4.39 Å². The van der Waals surface area contributed by atoms with Crippen LogP contribution in [0.1, 0.15) is 25.3 Å². The van der Waals surface area contributed by atoms with Crippen LogP contribution in [0.2, 0.25) is 0 Å². The lowest BCUT2D eigenvalue weighted by molar-refractivity contribution is -0.149. The summed E-state index contributed by atoms with van der Waals surface area (Å²) >= 11 is 0. The number of halogens is 1. The fourth-order valence-corrected chi connectivity index (χ4v) is 3.12. The summed E-state index contributed by atoms with van der Waals surface area (Å²) in [4.78, 5) is 20.0. The lowest BCUT2D eigenvalue weighted by Crippen LogP contribution is -2.46. The van der Waals surface area contributed by atoms with Crippen LogP contribution in [-0.2, 0) is 16.1 Å². The molecule has 1 aromatic rings. The second-order valence-electron chi connectivity index (χ2n) is 6.59. The van der Waals surface area contributed by atoms with E-state index in [4.69, 9.17) is 4.74 Å². The zero-order valence-corrected chi connectivity index (χ0v) is 16.1. The number of nitrogens with one attached hydrogen (secondary N) is 1. The summed E-state index contributed by atoms with van der Waals surface area (Å²) in [5, 5.41) is 3.28. The number of nitrogens with zero attached hydrogens (tertiary/aromatic N) is 3. The Kier molecular flexibility index (Phi) is 7.24. The van der Waals surface area contributed by atoms with Crippen LogP contribution < -0.4 is 10.2 Å². The Morgan fingerprint density at radius 1 is 1.38 bits per heavy atom. The van der Waals surface area contributed by atoms with Crippen LogP contribution in [0.5, 0.6) is 0 Å². The molecule has 144 valence electrons. The zero-order chi connectivity index (χ0) is 19.1. The predicted molar refractivity (Wildman–Crippen MR) is 102 cm³/mol. The van der Waals surface area contributed by atoms with Crippen LogP contribution >= 0.6 is 0 Å². The first kappa shape index (κ1) is 20.0. The molecule has 0 unspecified atom stereocenters. The lowest BCUT2D eigenvalue weighted by Gasteiger charge is -2.33. The molecule has 0 amide bonds. The summed E-state index contributed by atoms with van der Waals surface area (Å²) in [6.45, 7) is 4.24. The molecule has 0 bridgehead atoms. The second kappa shape index (κ2) is 9.40. The van der Waals surface area contributed by atoms with E-state index in [1.54, 1.807) is 24.1 Å². The Morgan fingerprint density at radius 3 is 2.62 bits per heavy atom. The number of guanidine groups is 1. The van der Waals surface area contributed by atoms with Crippen molar-refractivity contribution in [1.82, 2.24) is 10.2 Å². The molecule has 2 rings (SSSR count). The van der Waals surface area contributed by atoms with Gasteiger partial charge in [0.1, 0.15) is 5.82 Å². The van der Waals surface area contributed by atoms with Crippen molar-refractivity contribution in [2.45, 2.75) is 26.3 Å². The van der Waals surface area contributed by atoms with Gasteiger partial charge in [-0.3, -0.25) is 9.79 Å². The molecule has 1 saturated heterocycles. The van der Waals surface area contributed by atoms with Crippen molar-refractivity contribution in [2.75, 3.05) is 45.7 Å². The summed E-state index contributed by atoms with van der Waals surface area (Å²) in [5.74, 6) is 0.396. The monoisotopic (exact) mass is 364 g/mol. The number of esters is 1. The predicted octanol–water partition coefficient (Wildman–Crippen LogP) is 2.24. The van der Waals surface area contributed by atoms with Gasteiger partial charge in [0.15, 0.2) is 5.96 Å². The maximum Gasteiger partial charge on any atom is 0.309 e. The minimum atomic E-state index is -0.237. The van der Waals surface area contributed by atoms with Gasteiger partial charge >= 0.3 is 5.97 Å². The fraction of sp³-hybridized carbons (Fsp3) is 0.579. The van der Waals surface area contributed by atoms with E-state index in [0.717, 1.165) is 37.5 Å². The molecule has 0 radical (unpaired) electrons. The van der Waals surface area contributed by atoms with Crippen molar-refractivity contribution >= 4 is 17.6 Å². The number of piperidine rings is 1. The number of ether oxygens (including phenoxy) is 1. The maximum atomic E-state index is 14.1. The first-order chi connectivity index (χ1) is 12.5. The highest BCUT2D eigenvalue weighted by Crippen LogP contribution is 2.20. The third kappa shape index (κ3) is 5.09. The Morgan fingerprint density at radius 2 is 2.08 bits per heavy atom. The van der Waals surface area contributed by atoms with Gasteiger partial charge in [-0.1, -0.05) is 6.07 Å². The number of benzene rings is 1. The SMILES string of the molecule is CCOC(=O)C1CCN(C(=NC)NCc2ccc(N(C)C)c(F)c2)CC1. The highest BCUT2D eigenvalue weighted by atomic mass is 19.1. The minimum Gasteiger partial charge on any atom is -0.466 e. The van der Waals surface area contributed by atoms with Gasteiger partial charge in [0, 0.05) is 40.8 Å². The van der Waals surface area contributed by atoms with Gasteiger partial charge in [0.25, 0.3) is 0 Å². The largest absolute Gasteiger partial charge is 0.466 e. The van der Waals surface area contributed by atoms with E-state index < -0.39 is 0 Å². The summed E-state index contributed by atoms with van der Waals surface area (Å²) in [5.41, 5.74) is 1.43. The highest BCUT2D eigenvalue weighted by Gasteiger charge is 2.27. The molecule has 1 aliphatic rings. The number of carbonyl (C=O) groups excluding carboxylic acids is 1. The summed E-state index contributed by atoms with van der Waals surface area (Å²) < 4.78 is 19.2. The Bertz CT molecular complexity index is 640. The lowest BCUT2D eigenvalue weighted by atomic mass is 9.97. The molecule has 0 spiro atoms. The molecule has 1 heterocycles. The number of hydrogen-bond acceptors (Lipinski definition) is 4. The standard InChI is InChI=1S/C19H29FN4O2/c1-5-26-18(25)15-8-10-24(11-9-15)19(21-2)22-13-14-6-7-17(23(3)4)16(20)12-14/h6-7,12,15H,5,8-11,13H2,1-4H3,(H,21,22). The Labute approximate surface area is 155 Å².